The van der Waals surface area contributed by atoms with Crippen LogP contribution in [0.15, 0.2) is 12.1 Å². The van der Waals surface area contributed by atoms with Gasteiger partial charge in [-0.2, -0.15) is 0 Å². The van der Waals surface area contributed by atoms with E-state index in [0.717, 1.165) is 42.1 Å². The minimum Gasteiger partial charge on any atom is -0.397 e. The highest BCUT2D eigenvalue weighted by atomic mass is 16.1. The van der Waals surface area contributed by atoms with Crippen molar-refractivity contribution in [1.29, 1.82) is 0 Å². The summed E-state index contributed by atoms with van der Waals surface area (Å²) in [5, 5.41) is 2.89. The number of nitrogens with zero attached hydrogens (tertiary/aromatic N) is 2. The highest BCUT2D eigenvalue weighted by Gasteiger charge is 2.27. The van der Waals surface area contributed by atoms with Gasteiger partial charge in [0.1, 0.15) is 0 Å². The number of likely N-dealkylation sites (N-methyl/N-ethyl adjacent to an activating group) is 1. The van der Waals surface area contributed by atoms with Gasteiger partial charge in [0.05, 0.1) is 17.8 Å². The van der Waals surface area contributed by atoms with Gasteiger partial charge >= 0.3 is 0 Å². The first-order chi connectivity index (χ1) is 9.04. The van der Waals surface area contributed by atoms with Gasteiger partial charge in [0.25, 0.3) is 0 Å². The van der Waals surface area contributed by atoms with Crippen LogP contribution in [0, 0.1) is 0 Å². The van der Waals surface area contributed by atoms with Gasteiger partial charge in [-0.15, -0.1) is 0 Å². The van der Waals surface area contributed by atoms with Crippen molar-refractivity contribution < 1.29 is 4.79 Å². The average Bonchev–Trinajstić information content (AvgIpc) is 2.92. The van der Waals surface area contributed by atoms with Crippen molar-refractivity contribution in [2.75, 3.05) is 43.1 Å². The van der Waals surface area contributed by atoms with E-state index in [1.165, 1.54) is 0 Å². The second kappa shape index (κ2) is 4.42. The summed E-state index contributed by atoms with van der Waals surface area (Å²) in [5.41, 5.74) is 9.89. The van der Waals surface area contributed by atoms with Crippen molar-refractivity contribution in [2.24, 2.45) is 0 Å². The summed E-state index contributed by atoms with van der Waals surface area (Å²) in [5.74, 6) is 0.0548. The standard InChI is InChI=1S/C14H20N4O/c1-17(2)10-3-4-18(8-10)13-7-12-9(5-11(13)15)6-14(19)16-12/h5,7,10H,3-4,6,8,15H2,1-2H3,(H,16,19). The third-order valence-corrected chi connectivity index (χ3v) is 4.11. The Morgan fingerprint density at radius 1 is 1.42 bits per heavy atom. The quantitative estimate of drug-likeness (QED) is 0.776. The van der Waals surface area contributed by atoms with Crippen LogP contribution in [0.5, 0.6) is 0 Å². The molecule has 3 rings (SSSR count). The third-order valence-electron chi connectivity index (χ3n) is 4.11. The zero-order chi connectivity index (χ0) is 13.6. The average molecular weight is 260 g/mol. The Balaban J connectivity index is 1.86. The predicted molar refractivity (Wildman–Crippen MR) is 77.5 cm³/mol. The molecule has 0 bridgehead atoms. The fourth-order valence-electron chi connectivity index (χ4n) is 2.94. The van der Waals surface area contributed by atoms with Crippen molar-refractivity contribution in [3.63, 3.8) is 0 Å². The molecule has 1 aromatic carbocycles. The fraction of sp³-hybridized carbons (Fsp3) is 0.500. The van der Waals surface area contributed by atoms with Gasteiger partial charge in [-0.1, -0.05) is 0 Å². The summed E-state index contributed by atoms with van der Waals surface area (Å²) in [6, 6.07) is 4.53. The summed E-state index contributed by atoms with van der Waals surface area (Å²) < 4.78 is 0. The Bertz CT molecular complexity index is 526. The number of anilines is 3. The summed E-state index contributed by atoms with van der Waals surface area (Å²) in [4.78, 5) is 16.0. The highest BCUT2D eigenvalue weighted by Crippen LogP contribution is 2.35. The molecule has 5 nitrogen and oxygen atoms in total. The van der Waals surface area contributed by atoms with Gasteiger partial charge in [0.15, 0.2) is 0 Å². The van der Waals surface area contributed by atoms with Crippen LogP contribution in [0.1, 0.15) is 12.0 Å². The van der Waals surface area contributed by atoms with E-state index in [1.807, 2.05) is 12.1 Å². The van der Waals surface area contributed by atoms with Crippen molar-refractivity contribution in [3.8, 4) is 0 Å². The number of hydrogen-bond acceptors (Lipinski definition) is 4. The molecule has 1 atom stereocenters. The molecule has 1 unspecified atom stereocenters. The third kappa shape index (κ3) is 2.14. The molecule has 0 aromatic heterocycles. The Hall–Kier alpha value is -1.75. The number of nitrogen functional groups attached to an aromatic ring is 1. The fourth-order valence-corrected chi connectivity index (χ4v) is 2.94. The Labute approximate surface area is 113 Å². The van der Waals surface area contributed by atoms with Crippen LogP contribution in [-0.2, 0) is 11.2 Å². The maximum atomic E-state index is 11.4. The van der Waals surface area contributed by atoms with Crippen molar-refractivity contribution in [1.82, 2.24) is 4.90 Å². The topological polar surface area (TPSA) is 61.6 Å². The van der Waals surface area contributed by atoms with Crippen LogP contribution in [0.25, 0.3) is 0 Å². The number of hydrogen-bond donors (Lipinski definition) is 2. The summed E-state index contributed by atoms with van der Waals surface area (Å²) in [6.45, 7) is 2.00. The smallest absolute Gasteiger partial charge is 0.228 e. The number of nitrogens with two attached hydrogens (primary N) is 1. The largest absolute Gasteiger partial charge is 0.397 e. The second-order valence-corrected chi connectivity index (χ2v) is 5.65. The van der Waals surface area contributed by atoms with Gasteiger partial charge in [0.2, 0.25) is 5.91 Å². The van der Waals surface area contributed by atoms with E-state index in [2.05, 4.69) is 29.2 Å². The van der Waals surface area contributed by atoms with Crippen LogP contribution in [0.2, 0.25) is 0 Å². The molecule has 1 saturated heterocycles. The highest BCUT2D eigenvalue weighted by molar-refractivity contribution is 6.00. The maximum absolute atomic E-state index is 11.4. The number of carbonyl (C=O) groups is 1. The molecule has 19 heavy (non-hydrogen) atoms. The molecule has 102 valence electrons. The van der Waals surface area contributed by atoms with Crippen molar-refractivity contribution in [2.45, 2.75) is 18.9 Å². The van der Waals surface area contributed by atoms with E-state index >= 15 is 0 Å². The van der Waals surface area contributed by atoms with Gasteiger partial charge in [-0.3, -0.25) is 4.79 Å². The van der Waals surface area contributed by atoms with Gasteiger partial charge in [-0.05, 0) is 38.2 Å². The first kappa shape index (κ1) is 12.3. The minimum atomic E-state index is 0.0548. The monoisotopic (exact) mass is 260 g/mol. The molecule has 1 amide bonds. The minimum absolute atomic E-state index is 0.0548. The molecule has 5 heteroatoms. The normalized spacial score (nSPS) is 21.9. The first-order valence-electron chi connectivity index (χ1n) is 6.68. The lowest BCUT2D eigenvalue weighted by Crippen LogP contribution is -2.31. The number of amides is 1. The van der Waals surface area contributed by atoms with E-state index in [4.69, 9.17) is 5.73 Å². The molecule has 2 aliphatic heterocycles. The van der Waals surface area contributed by atoms with E-state index < -0.39 is 0 Å². The molecule has 0 spiro atoms. The van der Waals surface area contributed by atoms with E-state index in [-0.39, 0.29) is 5.91 Å². The molecular formula is C14H20N4O. The number of fused-ring (bicyclic) bond motifs is 1. The number of benzene rings is 1. The summed E-state index contributed by atoms with van der Waals surface area (Å²) in [6.07, 6.45) is 1.59. The number of nitrogens with one attached hydrogen (secondary N) is 1. The second-order valence-electron chi connectivity index (χ2n) is 5.65. The Kier molecular flexibility index (Phi) is 2.86. The molecule has 0 saturated carbocycles. The summed E-state index contributed by atoms with van der Waals surface area (Å²) in [7, 11) is 4.22. The van der Waals surface area contributed by atoms with Crippen LogP contribution in [-0.4, -0.2) is 44.0 Å². The summed E-state index contributed by atoms with van der Waals surface area (Å²) >= 11 is 0. The van der Waals surface area contributed by atoms with E-state index in [0.29, 0.717) is 12.5 Å². The van der Waals surface area contributed by atoms with Crippen LogP contribution < -0.4 is 16.0 Å². The molecule has 0 aliphatic carbocycles. The zero-order valence-electron chi connectivity index (χ0n) is 11.4. The Morgan fingerprint density at radius 2 is 2.21 bits per heavy atom. The van der Waals surface area contributed by atoms with Crippen molar-refractivity contribution in [3.05, 3.63) is 17.7 Å². The Morgan fingerprint density at radius 3 is 2.89 bits per heavy atom. The van der Waals surface area contributed by atoms with Gasteiger partial charge < -0.3 is 20.9 Å². The SMILES string of the molecule is CN(C)C1CCN(c2cc3c(cc2N)CC(=O)N3)C1. The lowest BCUT2D eigenvalue weighted by atomic mass is 10.1. The van der Waals surface area contributed by atoms with Crippen LogP contribution >= 0.6 is 0 Å². The molecule has 2 heterocycles. The lowest BCUT2D eigenvalue weighted by molar-refractivity contribution is -0.115. The molecule has 2 aliphatic rings. The van der Waals surface area contributed by atoms with Gasteiger partial charge in [0, 0.05) is 24.8 Å². The molecule has 1 fully saturated rings. The molecular weight excluding hydrogens is 240 g/mol. The number of carbonyl (C=O) groups excluding carboxylic acids is 1. The zero-order valence-corrected chi connectivity index (χ0v) is 11.4. The number of rotatable bonds is 2. The first-order valence-corrected chi connectivity index (χ1v) is 6.68. The van der Waals surface area contributed by atoms with E-state index in [1.54, 1.807) is 0 Å². The lowest BCUT2D eigenvalue weighted by Gasteiger charge is -2.23. The predicted octanol–water partition coefficient (Wildman–Crippen LogP) is 0.904. The van der Waals surface area contributed by atoms with E-state index in [9.17, 15) is 4.79 Å². The van der Waals surface area contributed by atoms with Crippen LogP contribution in [0.4, 0.5) is 17.1 Å². The molecule has 0 radical (unpaired) electrons. The molecule has 1 aromatic rings. The van der Waals surface area contributed by atoms with Gasteiger partial charge in [-0.25, -0.2) is 0 Å². The molecule has 3 N–H and O–H groups in total. The maximum Gasteiger partial charge on any atom is 0.228 e. The van der Waals surface area contributed by atoms with Crippen LogP contribution in [0.3, 0.4) is 0 Å². The van der Waals surface area contributed by atoms with Crippen molar-refractivity contribution >= 4 is 23.0 Å².